The van der Waals surface area contributed by atoms with Gasteiger partial charge in [0.25, 0.3) is 0 Å². The van der Waals surface area contributed by atoms with Gasteiger partial charge in [-0.15, -0.1) is 10.5 Å². The summed E-state index contributed by atoms with van der Waals surface area (Å²) in [7, 11) is 0. The first-order chi connectivity index (χ1) is 7.20. The number of nitriles is 2. The van der Waals surface area contributed by atoms with Gasteiger partial charge in [0.15, 0.2) is 0 Å². The van der Waals surface area contributed by atoms with Crippen molar-refractivity contribution >= 4 is 12.3 Å². The maximum atomic E-state index is 7.61. The molecule has 2 fully saturated rings. The van der Waals surface area contributed by atoms with Crippen LogP contribution < -0.4 is 0 Å². The van der Waals surface area contributed by atoms with Crippen molar-refractivity contribution in [1.82, 2.24) is 0 Å². The Balaban J connectivity index is 0.000000153. The van der Waals surface area contributed by atoms with Gasteiger partial charge in [0.1, 0.15) is 0 Å². The SMILES string of the molecule is CC12CCC(CC1)C2.N#COSOC#N. The number of hydrogen-bond acceptors (Lipinski definition) is 5. The van der Waals surface area contributed by atoms with Crippen molar-refractivity contribution in [1.29, 1.82) is 10.5 Å². The first-order valence-electron chi connectivity index (χ1n) is 4.97. The van der Waals surface area contributed by atoms with Crippen molar-refractivity contribution in [2.24, 2.45) is 11.3 Å². The maximum Gasteiger partial charge on any atom is 0.316 e. The van der Waals surface area contributed by atoms with Crippen molar-refractivity contribution in [2.75, 3.05) is 0 Å². The van der Waals surface area contributed by atoms with E-state index >= 15 is 0 Å². The van der Waals surface area contributed by atoms with Crippen molar-refractivity contribution < 1.29 is 8.37 Å². The van der Waals surface area contributed by atoms with Crippen molar-refractivity contribution in [3.8, 4) is 12.5 Å². The topological polar surface area (TPSA) is 66.0 Å². The molecule has 0 aromatic carbocycles. The molecule has 4 nitrogen and oxygen atoms in total. The Morgan fingerprint density at radius 3 is 1.93 bits per heavy atom. The van der Waals surface area contributed by atoms with Crippen LogP contribution in [0.4, 0.5) is 0 Å². The third-order valence-electron chi connectivity index (χ3n) is 3.24. The Bertz CT molecular complexity index is 260. The summed E-state index contributed by atoms with van der Waals surface area (Å²) in [6, 6.07) is 0. The van der Waals surface area contributed by atoms with Crippen LogP contribution in [0.15, 0.2) is 0 Å². The van der Waals surface area contributed by atoms with E-state index in [1.165, 1.54) is 38.2 Å². The second-order valence-corrected chi connectivity index (χ2v) is 4.84. The summed E-state index contributed by atoms with van der Waals surface area (Å²) in [5, 5.41) is 15.2. The van der Waals surface area contributed by atoms with E-state index in [4.69, 9.17) is 10.5 Å². The lowest BCUT2D eigenvalue weighted by molar-refractivity contribution is 0.332. The van der Waals surface area contributed by atoms with Gasteiger partial charge in [-0.2, -0.15) is 0 Å². The Kier molecular flexibility index (Phi) is 4.58. The molecule has 0 unspecified atom stereocenters. The molecule has 0 N–H and O–H groups in total. The largest absolute Gasteiger partial charge is 0.316 e. The molecule has 0 amide bonds. The zero-order valence-electron chi connectivity index (χ0n) is 8.73. The summed E-state index contributed by atoms with van der Waals surface area (Å²) < 4.78 is 7.70. The van der Waals surface area contributed by atoms with E-state index < -0.39 is 0 Å². The van der Waals surface area contributed by atoms with Gasteiger partial charge >= 0.3 is 24.8 Å². The minimum absolute atomic E-state index is 0.331. The highest BCUT2D eigenvalue weighted by Gasteiger charge is 2.40. The zero-order chi connectivity index (χ0) is 11.1. The summed E-state index contributed by atoms with van der Waals surface area (Å²) in [5.41, 5.74) is 0.810. The number of nitrogens with zero attached hydrogens (tertiary/aromatic N) is 2. The normalized spacial score (nSPS) is 30.7. The van der Waals surface area contributed by atoms with Crippen LogP contribution in [0.3, 0.4) is 0 Å². The van der Waals surface area contributed by atoms with E-state index in [1.807, 2.05) is 0 Å². The molecule has 2 saturated carbocycles. The molecule has 0 aromatic heterocycles. The van der Waals surface area contributed by atoms with Crippen LogP contribution >= 0.6 is 12.3 Å². The lowest BCUT2D eigenvalue weighted by Crippen LogP contribution is -2.06. The van der Waals surface area contributed by atoms with E-state index in [1.54, 1.807) is 6.42 Å². The van der Waals surface area contributed by atoms with Gasteiger partial charge in [-0.3, -0.25) is 0 Å². The summed E-state index contributed by atoms with van der Waals surface area (Å²) in [4.78, 5) is 0. The fourth-order valence-electron chi connectivity index (χ4n) is 2.53. The minimum atomic E-state index is 0.331. The van der Waals surface area contributed by atoms with Crippen LogP contribution in [0.5, 0.6) is 0 Å². The molecule has 2 rings (SSSR count). The Hall–Kier alpha value is -1.07. The summed E-state index contributed by atoms with van der Waals surface area (Å²) in [5.74, 6) is 1.14. The Labute approximate surface area is 94.6 Å². The molecule has 2 aliphatic carbocycles. The highest BCUT2D eigenvalue weighted by molar-refractivity contribution is 7.90. The van der Waals surface area contributed by atoms with E-state index in [9.17, 15) is 0 Å². The molecule has 0 aliphatic heterocycles. The second kappa shape index (κ2) is 5.72. The predicted molar refractivity (Wildman–Crippen MR) is 55.7 cm³/mol. The number of hydrogen-bond donors (Lipinski definition) is 0. The van der Waals surface area contributed by atoms with Crippen LogP contribution in [-0.2, 0) is 8.37 Å². The van der Waals surface area contributed by atoms with Gasteiger partial charge < -0.3 is 8.37 Å². The highest BCUT2D eigenvalue weighted by Crippen LogP contribution is 2.53. The van der Waals surface area contributed by atoms with Gasteiger partial charge in [-0.25, -0.2) is 0 Å². The molecule has 5 heteroatoms. The van der Waals surface area contributed by atoms with Crippen LogP contribution in [0.2, 0.25) is 0 Å². The van der Waals surface area contributed by atoms with E-state index in [0.717, 1.165) is 11.3 Å². The highest BCUT2D eigenvalue weighted by atomic mass is 32.2. The zero-order valence-corrected chi connectivity index (χ0v) is 9.55. The second-order valence-electron chi connectivity index (χ2n) is 4.38. The van der Waals surface area contributed by atoms with Gasteiger partial charge in [-0.05, 0) is 43.4 Å². The van der Waals surface area contributed by atoms with Gasteiger partial charge in [0, 0.05) is 0 Å². The first-order valence-corrected chi connectivity index (χ1v) is 5.64. The fraction of sp³-hybridized carbons (Fsp3) is 0.800. The van der Waals surface area contributed by atoms with Crippen molar-refractivity contribution in [3.05, 3.63) is 0 Å². The number of rotatable bonds is 2. The van der Waals surface area contributed by atoms with Crippen molar-refractivity contribution in [2.45, 2.75) is 39.0 Å². The van der Waals surface area contributed by atoms with Crippen LogP contribution in [-0.4, -0.2) is 0 Å². The molecule has 0 heterocycles. The molecule has 82 valence electrons. The lowest BCUT2D eigenvalue weighted by Gasteiger charge is -2.18. The predicted octanol–water partition coefficient (Wildman–Crippen LogP) is 3.13. The quantitative estimate of drug-likeness (QED) is 0.411. The van der Waals surface area contributed by atoms with Gasteiger partial charge in [0.05, 0.1) is 0 Å². The Morgan fingerprint density at radius 1 is 1.20 bits per heavy atom. The Morgan fingerprint density at radius 2 is 1.73 bits per heavy atom. The third-order valence-corrected chi connectivity index (χ3v) is 3.52. The van der Waals surface area contributed by atoms with E-state index in [0.29, 0.717) is 12.3 Å². The van der Waals surface area contributed by atoms with Crippen LogP contribution in [0.1, 0.15) is 39.0 Å². The first kappa shape index (κ1) is 12.0. The third kappa shape index (κ3) is 3.89. The molecule has 0 radical (unpaired) electrons. The van der Waals surface area contributed by atoms with Gasteiger partial charge in [0.2, 0.25) is 0 Å². The van der Waals surface area contributed by atoms with E-state index in [2.05, 4.69) is 15.3 Å². The van der Waals surface area contributed by atoms with Crippen molar-refractivity contribution in [3.63, 3.8) is 0 Å². The summed E-state index contributed by atoms with van der Waals surface area (Å²) >= 11 is 0.331. The average Bonchev–Trinajstić information content (AvgIpc) is 2.77. The lowest BCUT2D eigenvalue weighted by atomic mass is 9.87. The average molecular weight is 226 g/mol. The minimum Gasteiger partial charge on any atom is -0.311 e. The maximum absolute atomic E-state index is 7.61. The molecular formula is C10H14N2O2S. The van der Waals surface area contributed by atoms with Gasteiger partial charge in [-0.1, -0.05) is 6.92 Å². The standard InChI is InChI=1S/C8H14.C2N2O2S/c1-8-4-2-7(6-8)3-5-8;3-1-5-7-6-2-4/h7H,2-6H2,1H3;. The molecule has 0 atom stereocenters. The van der Waals surface area contributed by atoms with E-state index in [-0.39, 0.29) is 0 Å². The summed E-state index contributed by atoms with van der Waals surface area (Å²) in [6.45, 7) is 2.46. The molecule has 2 bridgehead atoms. The molecule has 2 aliphatic rings. The molecule has 0 spiro atoms. The molecule has 15 heavy (non-hydrogen) atoms. The van der Waals surface area contributed by atoms with Crippen LogP contribution in [0.25, 0.3) is 0 Å². The monoisotopic (exact) mass is 226 g/mol. The fourth-order valence-corrected chi connectivity index (χ4v) is 2.62. The molecule has 0 saturated heterocycles. The number of fused-ring (bicyclic) bond motifs is 2. The summed E-state index contributed by atoms with van der Waals surface area (Å²) in [6.07, 6.45) is 10.3. The smallest absolute Gasteiger partial charge is 0.311 e. The molecular weight excluding hydrogens is 212 g/mol. The molecule has 0 aromatic rings. The van der Waals surface area contributed by atoms with Crippen LogP contribution in [0, 0.1) is 34.4 Å².